The van der Waals surface area contributed by atoms with Gasteiger partial charge in [0.15, 0.2) is 11.6 Å². The SMILES string of the molecule is CO[C@H]1C[C@@H](C)CC(C)C=C(CCCOC(=O)NCCCNC(=O)OCCCC2=CC(C)C[C@H](C)C[C@H](OC)[C@H]3O[C@@](O)(C(=O)C(=O)N4CCCC[C@H]4C(=O)OC(C(C)=CC4CC[C@@H](O)[C@H](OC)C4)[C@H](C)[C@@H](O)CC2=O)[C@H](C)C[C@@H]3OC)C(=O)C[C@H](O)[C@@H](C)C(C(C)=CC2CC[C@@H](O)[C@H](OC)C2)OC(=O)[C@@H]2CCCCN2C(=O)C(=O)[C@]2(O)O[C@H]1[C@@H](OC)C[C@H]2C. The van der Waals surface area contributed by atoms with Crippen molar-refractivity contribution in [1.29, 1.82) is 0 Å². The van der Waals surface area contributed by atoms with Crippen molar-refractivity contribution in [1.82, 2.24) is 20.4 Å². The van der Waals surface area contributed by atoms with Crippen LogP contribution in [0.2, 0.25) is 0 Å². The first-order valence-electron chi connectivity index (χ1n) is 45.8. The molecule has 8 rings (SSSR count). The predicted molar refractivity (Wildman–Crippen MR) is 457 cm³/mol. The molecule has 4 bridgehead atoms. The van der Waals surface area contributed by atoms with Crippen molar-refractivity contribution in [3.05, 3.63) is 46.6 Å². The lowest BCUT2D eigenvalue weighted by atomic mass is 9.81. The summed E-state index contributed by atoms with van der Waals surface area (Å²) in [5.74, 6) is -17.1. The molecule has 2 aliphatic carbocycles. The van der Waals surface area contributed by atoms with Gasteiger partial charge in [-0.3, -0.25) is 28.8 Å². The first-order valence-corrected chi connectivity index (χ1v) is 45.8. The summed E-state index contributed by atoms with van der Waals surface area (Å²) in [5, 5.41) is 75.8. The lowest BCUT2D eigenvalue weighted by molar-refractivity contribution is -0.302. The number of piperidine rings is 2. The number of nitrogens with one attached hydrogen (secondary N) is 2. The van der Waals surface area contributed by atoms with Crippen LogP contribution in [-0.2, 0) is 95.2 Å². The lowest BCUT2D eigenvalue weighted by Gasteiger charge is -2.47. The van der Waals surface area contributed by atoms with Crippen LogP contribution in [0.15, 0.2) is 46.6 Å². The van der Waals surface area contributed by atoms with Gasteiger partial charge in [0.05, 0.1) is 74.3 Å². The van der Waals surface area contributed by atoms with Gasteiger partial charge in [-0.1, -0.05) is 79.7 Å². The van der Waals surface area contributed by atoms with E-state index in [9.17, 15) is 78.6 Å². The molecule has 6 unspecified atom stereocenters. The van der Waals surface area contributed by atoms with Crippen LogP contribution in [0.3, 0.4) is 0 Å². The van der Waals surface area contributed by atoms with Gasteiger partial charge in [0.1, 0.15) is 36.5 Å². The molecule has 28 atom stereocenters. The summed E-state index contributed by atoms with van der Waals surface area (Å²) in [7, 11) is 9.00. The van der Waals surface area contributed by atoms with Gasteiger partial charge >= 0.3 is 24.1 Å². The van der Waals surface area contributed by atoms with Gasteiger partial charge in [-0.05, 0) is 219 Å². The van der Waals surface area contributed by atoms with Crippen molar-refractivity contribution in [2.45, 2.75) is 339 Å². The number of aliphatic hydroxyl groups excluding tert-OH is 4. The van der Waals surface area contributed by atoms with Crippen LogP contribution < -0.4 is 10.6 Å². The minimum Gasteiger partial charge on any atom is -0.456 e. The predicted octanol–water partition coefficient (Wildman–Crippen LogP) is 8.54. The summed E-state index contributed by atoms with van der Waals surface area (Å²) in [5.41, 5.74) is 1.86. The lowest BCUT2D eigenvalue weighted by Crippen LogP contribution is -2.64. The number of cyclic esters (lactones) is 2. The largest absolute Gasteiger partial charge is 0.456 e. The van der Waals surface area contributed by atoms with Crippen LogP contribution in [0.4, 0.5) is 9.59 Å². The quantitative estimate of drug-likeness (QED) is 0.0165. The first kappa shape index (κ1) is 104. The number of ketones is 4. The molecular formula is C93H148N4O28. The van der Waals surface area contributed by atoms with E-state index in [-0.39, 0.29) is 157 Å². The Morgan fingerprint density at radius 1 is 0.456 bits per heavy atom. The second-order valence-electron chi connectivity index (χ2n) is 37.3. The molecule has 6 heterocycles. The minimum absolute atomic E-state index is 0.00641. The zero-order chi connectivity index (χ0) is 91.9. The smallest absolute Gasteiger partial charge is 0.407 e. The van der Waals surface area contributed by atoms with E-state index in [2.05, 4.69) is 10.6 Å². The maximum absolute atomic E-state index is 14.8. The van der Waals surface area contributed by atoms with Gasteiger partial charge < -0.3 is 108 Å². The number of carbonyl (C=O) groups excluding carboxylic acids is 10. The van der Waals surface area contributed by atoms with Gasteiger partial charge in [-0.25, -0.2) is 19.2 Å². The van der Waals surface area contributed by atoms with E-state index in [1.807, 2.05) is 52.0 Å². The number of rotatable bonds is 22. The fourth-order valence-corrected chi connectivity index (χ4v) is 20.1. The Balaban J connectivity index is 0.908. The second kappa shape index (κ2) is 48.9. The number of carbonyl (C=O) groups is 10. The Labute approximate surface area is 738 Å². The average Bonchev–Trinajstić information content (AvgIpc) is 0.812. The molecule has 708 valence electrons. The highest BCUT2D eigenvalue weighted by molar-refractivity contribution is 6.39. The summed E-state index contributed by atoms with van der Waals surface area (Å²) < 4.78 is 71.7. The molecule has 4 amide bonds. The van der Waals surface area contributed by atoms with Crippen molar-refractivity contribution in [3.8, 4) is 0 Å². The Morgan fingerprint density at radius 3 is 1.16 bits per heavy atom. The Hall–Kier alpha value is -6.50. The summed E-state index contributed by atoms with van der Waals surface area (Å²) in [4.78, 5) is 146. The number of alkyl carbamates (subject to hydrolysis) is 2. The van der Waals surface area contributed by atoms with E-state index < -0.39 is 180 Å². The number of methoxy groups -OCH3 is 6. The van der Waals surface area contributed by atoms with E-state index in [1.165, 1.54) is 42.7 Å². The van der Waals surface area contributed by atoms with E-state index >= 15 is 0 Å². The monoisotopic (exact) mass is 1770 g/mol. The standard InChI is InChI=1S/C93H148N4O28/c1-52-38-54(3)42-76(116-13)82-78(118-15)46-58(7)92(112,124-82)84(104)86(106)96-34-19-17-26-66(96)88(108)122-80(56(5)44-62-28-30-68(98)74(48-62)114-11)60(9)70(100)50-72(102)64(40-52)24-21-36-120-90(110)94-32-23-33-95-91(111)121-37-22-25-65-41-53(2)39-55(4)43-77(117-14)83-79(119-16)47-59(8)93(113,125-83)85(105)87(107)97-35-20-18-27-67(97)89(109)123-81(61(10)71(101)51-73(65)103)57(6)45-63-29-31-69(99)75(49-63)115-12/h40-41,44-45,52-55,58-63,66-71,74-83,98-101,112-113H,17-39,42-43,46-51H2,1-16H3,(H,94,110)(H,95,111)/t52?,53?,54-,55-,58+,59+,60+,61+,62?,63?,66-,67-,68+,69+,70-,71-,74+,75+,76-,77-,78-,79-,80?,81?,82+,83+,92+,93+/m0/s1. The number of amides is 4. The zero-order valence-corrected chi connectivity index (χ0v) is 76.8. The molecule has 32 nitrogen and oxygen atoms in total. The number of allylic oxidation sites excluding steroid dienone is 6. The Morgan fingerprint density at radius 2 is 0.808 bits per heavy atom. The molecule has 0 spiro atoms. The molecule has 32 heteroatoms. The van der Waals surface area contributed by atoms with Crippen LogP contribution in [0, 0.1) is 59.2 Å². The summed E-state index contributed by atoms with van der Waals surface area (Å²) in [6.45, 7) is 17.9. The Bertz CT molecular complexity index is 3490. The maximum Gasteiger partial charge on any atom is 0.407 e. The normalized spacial score (nSPS) is 37.6. The third kappa shape index (κ3) is 27.8. The first-order chi connectivity index (χ1) is 59.3. The molecule has 8 aliphatic rings. The molecule has 0 radical (unpaired) electrons. The fraction of sp³-hybridized carbons (Fsp3) is 0.806. The van der Waals surface area contributed by atoms with Crippen molar-refractivity contribution >= 4 is 59.1 Å². The van der Waals surface area contributed by atoms with Gasteiger partial charge in [-0.15, -0.1) is 0 Å². The van der Waals surface area contributed by atoms with Crippen LogP contribution in [0.5, 0.6) is 0 Å². The second-order valence-corrected chi connectivity index (χ2v) is 37.3. The van der Waals surface area contributed by atoms with Crippen molar-refractivity contribution in [3.63, 3.8) is 0 Å². The molecular weight excluding hydrogens is 1620 g/mol. The highest BCUT2D eigenvalue weighted by atomic mass is 16.7. The van der Waals surface area contributed by atoms with Crippen molar-refractivity contribution in [2.75, 3.05) is 82.1 Å². The van der Waals surface area contributed by atoms with Crippen LogP contribution in [0.25, 0.3) is 0 Å². The summed E-state index contributed by atoms with van der Waals surface area (Å²) in [6, 6.07) is -2.51. The van der Waals surface area contributed by atoms with Crippen molar-refractivity contribution in [2.24, 2.45) is 59.2 Å². The number of ether oxygens (including phenoxy) is 12. The molecule has 2 saturated carbocycles. The molecule has 6 fully saturated rings. The summed E-state index contributed by atoms with van der Waals surface area (Å²) in [6.07, 6.45) is 1.20. The molecule has 0 aromatic heterocycles. The molecule has 8 N–H and O–H groups in total. The number of esters is 2. The molecule has 125 heavy (non-hydrogen) atoms. The number of aliphatic hydroxyl groups is 6. The van der Waals surface area contributed by atoms with Gasteiger partial charge in [0, 0.05) is 105 Å². The molecule has 4 saturated heterocycles. The fourth-order valence-electron chi connectivity index (χ4n) is 20.1. The van der Waals surface area contributed by atoms with E-state index in [0.29, 0.717) is 112 Å². The van der Waals surface area contributed by atoms with Gasteiger partial charge in [-0.2, -0.15) is 0 Å². The highest BCUT2D eigenvalue weighted by Crippen LogP contribution is 2.43. The third-order valence-corrected chi connectivity index (χ3v) is 27.5. The van der Waals surface area contributed by atoms with Gasteiger partial charge in [0.2, 0.25) is 11.6 Å². The topological polar surface area (TPSA) is 433 Å². The molecule has 0 aromatic rings. The van der Waals surface area contributed by atoms with Crippen LogP contribution >= 0.6 is 0 Å². The molecule has 6 aliphatic heterocycles. The Kier molecular flexibility index (Phi) is 40.7. The number of nitrogens with zero attached hydrogens (tertiary/aromatic N) is 2. The number of Topliss-reactive ketones (excluding diaryl/α,β-unsaturated/α-hetero) is 4. The summed E-state index contributed by atoms with van der Waals surface area (Å²) >= 11 is 0. The van der Waals surface area contributed by atoms with E-state index in [0.717, 1.165) is 9.80 Å². The average molecular weight is 1770 g/mol. The number of fused-ring (bicyclic) bond motifs is 6. The number of hydrogen-bond acceptors (Lipinski definition) is 28. The maximum atomic E-state index is 14.8. The van der Waals surface area contributed by atoms with Gasteiger partial charge in [0.25, 0.3) is 23.4 Å². The zero-order valence-electron chi connectivity index (χ0n) is 76.8. The number of hydrogen-bond donors (Lipinski definition) is 8. The van der Waals surface area contributed by atoms with Crippen LogP contribution in [-0.4, -0.2) is 291 Å². The van der Waals surface area contributed by atoms with E-state index in [1.54, 1.807) is 41.5 Å². The van der Waals surface area contributed by atoms with Crippen LogP contribution in [0.1, 0.15) is 230 Å². The minimum atomic E-state index is -2.62. The molecule has 0 aromatic carbocycles. The van der Waals surface area contributed by atoms with E-state index in [4.69, 9.17) is 56.8 Å². The third-order valence-electron chi connectivity index (χ3n) is 27.5. The van der Waals surface area contributed by atoms with Crippen molar-refractivity contribution < 1.29 is 135 Å². The highest BCUT2D eigenvalue weighted by Gasteiger charge is 2.59.